The van der Waals surface area contributed by atoms with Crippen molar-refractivity contribution in [2.75, 3.05) is 18.5 Å². The Bertz CT molecular complexity index is 1070. The number of hydrogen-bond donors (Lipinski definition) is 2. The molecule has 2 N–H and O–H groups in total. The predicted octanol–water partition coefficient (Wildman–Crippen LogP) is 3.47. The molecule has 0 aliphatic carbocycles. The topological polar surface area (TPSA) is 110 Å². The lowest BCUT2D eigenvalue weighted by Crippen LogP contribution is -2.22. The molecule has 0 saturated heterocycles. The van der Waals surface area contributed by atoms with E-state index in [-0.39, 0.29) is 12.3 Å². The van der Waals surface area contributed by atoms with Gasteiger partial charge in [0.05, 0.1) is 17.7 Å². The number of H-pyrrole nitrogens is 1. The van der Waals surface area contributed by atoms with Crippen LogP contribution in [-0.2, 0) is 20.7 Å². The molecule has 9 heteroatoms. The quantitative estimate of drug-likeness (QED) is 0.572. The number of nitrogens with one attached hydrogen (secondary N) is 2. The van der Waals surface area contributed by atoms with E-state index in [1.54, 1.807) is 25.1 Å². The average Bonchev–Trinajstić information content (AvgIpc) is 3.27. The summed E-state index contributed by atoms with van der Waals surface area (Å²) in [7, 11) is 0. The minimum atomic E-state index is -0.708. The number of anilines is 1. The highest BCUT2D eigenvalue weighted by atomic mass is 32.1. The highest BCUT2D eigenvalue weighted by Crippen LogP contribution is 2.34. The Balaban J connectivity index is 1.69. The second kappa shape index (κ2) is 8.87. The van der Waals surface area contributed by atoms with Gasteiger partial charge in [-0.15, -0.1) is 11.3 Å². The molecule has 0 saturated carbocycles. The number of aromatic nitrogens is 2. The maximum atomic E-state index is 12.3. The molecule has 3 aromatic rings. The molecule has 8 nitrogen and oxygen atoms in total. The van der Waals surface area contributed by atoms with Crippen molar-refractivity contribution in [1.29, 1.82) is 0 Å². The number of rotatable bonds is 7. The molecule has 29 heavy (non-hydrogen) atoms. The monoisotopic (exact) mass is 415 g/mol. The highest BCUT2D eigenvalue weighted by Gasteiger charge is 2.23. The molecule has 0 spiro atoms. The molecule has 0 atom stereocenters. The van der Waals surface area contributed by atoms with Gasteiger partial charge in [-0.2, -0.15) is 5.10 Å². The third-order valence-electron chi connectivity index (χ3n) is 4.30. The first-order valence-electron chi connectivity index (χ1n) is 9.15. The van der Waals surface area contributed by atoms with Crippen LogP contribution in [0.5, 0.6) is 0 Å². The summed E-state index contributed by atoms with van der Waals surface area (Å²) >= 11 is 1.31. The van der Waals surface area contributed by atoms with Crippen LogP contribution < -0.4 is 5.32 Å². The van der Waals surface area contributed by atoms with E-state index in [9.17, 15) is 14.4 Å². The Hall–Kier alpha value is -3.20. The van der Waals surface area contributed by atoms with Crippen LogP contribution in [0.1, 0.15) is 45.1 Å². The van der Waals surface area contributed by atoms with Crippen LogP contribution in [0, 0.1) is 6.92 Å². The smallest absolute Gasteiger partial charge is 0.359 e. The van der Waals surface area contributed by atoms with Crippen LogP contribution in [0.4, 0.5) is 5.00 Å². The lowest BCUT2D eigenvalue weighted by atomic mass is 10.1. The molecule has 152 valence electrons. The standard InChI is InChI=1S/C20H21N3O5S/c1-4-14-11(3)16(19(25)27-5-2)18(29-14)21-15(24)10-28-20(26)17-12-8-6-7-9-13(12)22-23-17/h6-9H,4-5,10H2,1-3H3,(H,21,24)(H,22,23). The van der Waals surface area contributed by atoms with E-state index in [1.807, 2.05) is 19.9 Å². The molecule has 0 aliphatic heterocycles. The number of carbonyl (C=O) groups excluding carboxylic acids is 3. The summed E-state index contributed by atoms with van der Waals surface area (Å²) in [5.41, 5.74) is 1.93. The minimum Gasteiger partial charge on any atom is -0.462 e. The van der Waals surface area contributed by atoms with Crippen LogP contribution in [0.2, 0.25) is 0 Å². The van der Waals surface area contributed by atoms with Gasteiger partial charge in [-0.3, -0.25) is 9.89 Å². The summed E-state index contributed by atoms with van der Waals surface area (Å²) in [6, 6.07) is 7.12. The highest BCUT2D eigenvalue weighted by molar-refractivity contribution is 7.17. The van der Waals surface area contributed by atoms with Gasteiger partial charge in [-0.1, -0.05) is 25.1 Å². The predicted molar refractivity (Wildman–Crippen MR) is 109 cm³/mol. The van der Waals surface area contributed by atoms with Crippen molar-refractivity contribution in [3.05, 3.63) is 46.0 Å². The zero-order valence-corrected chi connectivity index (χ0v) is 17.1. The van der Waals surface area contributed by atoms with Crippen molar-refractivity contribution in [3.8, 4) is 0 Å². The van der Waals surface area contributed by atoms with Crippen LogP contribution in [0.3, 0.4) is 0 Å². The van der Waals surface area contributed by atoms with Crippen LogP contribution in [-0.4, -0.2) is 41.3 Å². The van der Waals surface area contributed by atoms with E-state index in [4.69, 9.17) is 9.47 Å². The molecule has 2 heterocycles. The Kier molecular flexibility index (Phi) is 6.28. The summed E-state index contributed by atoms with van der Waals surface area (Å²) in [4.78, 5) is 37.9. The van der Waals surface area contributed by atoms with E-state index in [0.717, 1.165) is 16.9 Å². The first-order chi connectivity index (χ1) is 14.0. The van der Waals surface area contributed by atoms with Gasteiger partial charge in [0.15, 0.2) is 12.3 Å². The van der Waals surface area contributed by atoms with Crippen LogP contribution >= 0.6 is 11.3 Å². The van der Waals surface area contributed by atoms with Gasteiger partial charge in [0.2, 0.25) is 0 Å². The second-order valence-electron chi connectivity index (χ2n) is 6.17. The van der Waals surface area contributed by atoms with E-state index in [0.29, 0.717) is 21.5 Å². The van der Waals surface area contributed by atoms with E-state index >= 15 is 0 Å². The van der Waals surface area contributed by atoms with Gasteiger partial charge in [-0.05, 0) is 31.9 Å². The summed E-state index contributed by atoms with van der Waals surface area (Å²) in [5.74, 6) is -1.75. The Morgan fingerprint density at radius 1 is 1.14 bits per heavy atom. The molecular formula is C20H21N3O5S. The summed E-state index contributed by atoms with van der Waals surface area (Å²) < 4.78 is 10.2. The SMILES string of the molecule is CCOC(=O)c1c(NC(=O)COC(=O)c2n[nH]c3ccccc23)sc(CC)c1C. The summed E-state index contributed by atoms with van der Waals surface area (Å²) in [5, 5.41) is 10.4. The first-order valence-corrected chi connectivity index (χ1v) is 9.97. The van der Waals surface area contributed by atoms with Gasteiger partial charge >= 0.3 is 11.9 Å². The van der Waals surface area contributed by atoms with Crippen molar-refractivity contribution in [2.45, 2.75) is 27.2 Å². The fourth-order valence-electron chi connectivity index (χ4n) is 2.92. The number of thiophene rings is 1. The third-order valence-corrected chi connectivity index (χ3v) is 5.65. The van der Waals surface area contributed by atoms with Crippen molar-refractivity contribution in [2.24, 2.45) is 0 Å². The molecule has 2 aromatic heterocycles. The number of para-hydroxylation sites is 1. The van der Waals surface area contributed by atoms with Crippen molar-refractivity contribution in [3.63, 3.8) is 0 Å². The van der Waals surface area contributed by atoms with Crippen molar-refractivity contribution >= 4 is 45.1 Å². The number of aromatic amines is 1. The zero-order valence-electron chi connectivity index (χ0n) is 16.3. The van der Waals surface area contributed by atoms with Crippen molar-refractivity contribution < 1.29 is 23.9 Å². The number of carbonyl (C=O) groups is 3. The maximum Gasteiger partial charge on any atom is 0.359 e. The Morgan fingerprint density at radius 3 is 2.62 bits per heavy atom. The van der Waals surface area contributed by atoms with E-state index in [2.05, 4.69) is 15.5 Å². The van der Waals surface area contributed by atoms with E-state index in [1.165, 1.54) is 11.3 Å². The summed E-state index contributed by atoms with van der Waals surface area (Å²) in [6.07, 6.45) is 0.722. The Labute approximate surface area is 171 Å². The molecule has 3 rings (SSSR count). The van der Waals surface area contributed by atoms with Crippen LogP contribution in [0.15, 0.2) is 24.3 Å². The molecule has 1 aromatic carbocycles. The molecular weight excluding hydrogens is 394 g/mol. The molecule has 0 fully saturated rings. The van der Waals surface area contributed by atoms with Gasteiger partial charge < -0.3 is 14.8 Å². The maximum absolute atomic E-state index is 12.3. The largest absolute Gasteiger partial charge is 0.462 e. The van der Waals surface area contributed by atoms with Gasteiger partial charge in [-0.25, -0.2) is 9.59 Å². The Morgan fingerprint density at radius 2 is 1.90 bits per heavy atom. The summed E-state index contributed by atoms with van der Waals surface area (Å²) in [6.45, 7) is 5.24. The van der Waals surface area contributed by atoms with Gasteiger partial charge in [0, 0.05) is 10.3 Å². The zero-order chi connectivity index (χ0) is 21.0. The number of nitrogens with zero attached hydrogens (tertiary/aromatic N) is 1. The second-order valence-corrected chi connectivity index (χ2v) is 7.28. The number of esters is 2. The fraction of sp³-hybridized carbons (Fsp3) is 0.300. The average molecular weight is 415 g/mol. The number of amides is 1. The van der Waals surface area contributed by atoms with E-state index < -0.39 is 24.5 Å². The van der Waals surface area contributed by atoms with Crippen molar-refractivity contribution in [1.82, 2.24) is 10.2 Å². The first kappa shape index (κ1) is 20.5. The number of benzene rings is 1. The number of hydrogen-bond acceptors (Lipinski definition) is 7. The van der Waals surface area contributed by atoms with Gasteiger partial charge in [0.1, 0.15) is 5.00 Å². The fourth-order valence-corrected chi connectivity index (χ4v) is 4.07. The molecule has 0 unspecified atom stereocenters. The lowest BCUT2D eigenvalue weighted by molar-refractivity contribution is -0.119. The van der Waals surface area contributed by atoms with Gasteiger partial charge in [0.25, 0.3) is 5.91 Å². The minimum absolute atomic E-state index is 0.112. The normalized spacial score (nSPS) is 10.7. The third kappa shape index (κ3) is 4.29. The number of fused-ring (bicyclic) bond motifs is 1. The van der Waals surface area contributed by atoms with Crippen LogP contribution in [0.25, 0.3) is 10.9 Å². The number of aryl methyl sites for hydroxylation is 1. The molecule has 0 bridgehead atoms. The molecule has 1 amide bonds. The number of ether oxygens (including phenoxy) is 2. The lowest BCUT2D eigenvalue weighted by Gasteiger charge is -2.07. The molecule has 0 aliphatic rings. The molecule has 0 radical (unpaired) electrons.